The van der Waals surface area contributed by atoms with Gasteiger partial charge in [-0.25, -0.2) is 19.4 Å². The van der Waals surface area contributed by atoms with E-state index in [0.29, 0.717) is 0 Å². The number of nitrogens with zero attached hydrogens (tertiary/aromatic N) is 2. The lowest BCUT2D eigenvalue weighted by molar-refractivity contribution is -0.136. The average molecular weight is 227 g/mol. The number of carbonyl (C=O) groups excluding carboxylic acids is 4. The number of carbonyl (C=O) groups is 4. The predicted molar refractivity (Wildman–Crippen MR) is 53.0 cm³/mol. The van der Waals surface area contributed by atoms with Crippen molar-refractivity contribution in [1.29, 1.82) is 0 Å². The van der Waals surface area contributed by atoms with Crippen molar-refractivity contribution >= 4 is 23.9 Å². The van der Waals surface area contributed by atoms with Crippen molar-refractivity contribution in [1.82, 2.24) is 15.1 Å². The van der Waals surface area contributed by atoms with Crippen LogP contribution in [0.3, 0.4) is 0 Å². The molecule has 0 radical (unpaired) electrons. The van der Waals surface area contributed by atoms with Gasteiger partial charge in [-0.2, -0.15) is 0 Å². The van der Waals surface area contributed by atoms with Gasteiger partial charge >= 0.3 is 12.1 Å². The molecule has 1 N–H and O–H groups in total. The van der Waals surface area contributed by atoms with Gasteiger partial charge in [-0.15, -0.1) is 0 Å². The minimum atomic E-state index is -0.801. The Hall–Kier alpha value is -1.92. The second kappa shape index (κ2) is 4.30. The van der Waals surface area contributed by atoms with Crippen molar-refractivity contribution in [3.63, 3.8) is 0 Å². The molecule has 1 saturated heterocycles. The van der Waals surface area contributed by atoms with Crippen molar-refractivity contribution in [3.05, 3.63) is 0 Å². The molecule has 1 fully saturated rings. The summed E-state index contributed by atoms with van der Waals surface area (Å²) in [5.74, 6) is -1.34. The third-order valence-electron chi connectivity index (χ3n) is 2.13. The van der Waals surface area contributed by atoms with Crippen LogP contribution in [0.2, 0.25) is 0 Å². The van der Waals surface area contributed by atoms with Gasteiger partial charge in [-0.3, -0.25) is 14.9 Å². The molecule has 0 saturated carbocycles. The number of urea groups is 2. The van der Waals surface area contributed by atoms with E-state index in [1.54, 1.807) is 13.8 Å². The fourth-order valence-corrected chi connectivity index (χ4v) is 1.22. The largest absolute Gasteiger partial charge is 0.333 e. The van der Waals surface area contributed by atoms with Crippen molar-refractivity contribution < 1.29 is 19.2 Å². The molecule has 1 aliphatic heterocycles. The van der Waals surface area contributed by atoms with Crippen LogP contribution in [0.1, 0.15) is 20.8 Å². The standard InChI is InChI=1S/C9H13N3O4/c1-5(2)7(14)12-4-11(6(3)13)8(15)10-9(12)16/h5H,4H2,1-3H3,(H,10,15,16). The Kier molecular flexibility index (Phi) is 3.26. The van der Waals surface area contributed by atoms with Gasteiger partial charge < -0.3 is 0 Å². The second-order valence-corrected chi connectivity index (χ2v) is 3.74. The third kappa shape index (κ3) is 2.18. The first-order valence-corrected chi connectivity index (χ1v) is 4.79. The molecule has 0 aromatic carbocycles. The fraction of sp³-hybridized carbons (Fsp3) is 0.556. The Balaban J connectivity index is 2.88. The van der Waals surface area contributed by atoms with Gasteiger partial charge in [-0.05, 0) is 0 Å². The summed E-state index contributed by atoms with van der Waals surface area (Å²) in [6.07, 6.45) is 0. The van der Waals surface area contributed by atoms with E-state index < -0.39 is 23.9 Å². The van der Waals surface area contributed by atoms with Crippen LogP contribution in [0.4, 0.5) is 9.59 Å². The summed E-state index contributed by atoms with van der Waals surface area (Å²) in [5.41, 5.74) is 0. The van der Waals surface area contributed by atoms with E-state index >= 15 is 0 Å². The molecule has 0 spiro atoms. The summed E-state index contributed by atoms with van der Waals surface area (Å²) >= 11 is 0. The summed E-state index contributed by atoms with van der Waals surface area (Å²) < 4.78 is 0. The normalized spacial score (nSPS) is 16.5. The SMILES string of the molecule is CC(=O)N1CN(C(=O)C(C)C)C(=O)NC1=O. The lowest BCUT2D eigenvalue weighted by Gasteiger charge is -2.32. The highest BCUT2D eigenvalue weighted by molar-refractivity contribution is 6.08. The second-order valence-electron chi connectivity index (χ2n) is 3.74. The number of amides is 6. The van der Waals surface area contributed by atoms with E-state index in [4.69, 9.17) is 0 Å². The van der Waals surface area contributed by atoms with E-state index in [1.165, 1.54) is 6.92 Å². The molecule has 16 heavy (non-hydrogen) atoms. The van der Waals surface area contributed by atoms with Gasteiger partial charge in [0.1, 0.15) is 6.67 Å². The monoisotopic (exact) mass is 227 g/mol. The molecule has 88 valence electrons. The molecule has 7 heteroatoms. The van der Waals surface area contributed by atoms with E-state index in [0.717, 1.165) is 9.80 Å². The third-order valence-corrected chi connectivity index (χ3v) is 2.13. The Morgan fingerprint density at radius 2 is 1.69 bits per heavy atom. The smallest absolute Gasteiger partial charge is 0.275 e. The molecular weight excluding hydrogens is 214 g/mol. The first-order chi connectivity index (χ1) is 7.34. The van der Waals surface area contributed by atoms with Crippen LogP contribution in [0.25, 0.3) is 0 Å². The van der Waals surface area contributed by atoms with Crippen LogP contribution in [-0.4, -0.2) is 40.3 Å². The zero-order valence-corrected chi connectivity index (χ0v) is 9.31. The fourth-order valence-electron chi connectivity index (χ4n) is 1.22. The van der Waals surface area contributed by atoms with Crippen LogP contribution in [-0.2, 0) is 9.59 Å². The van der Waals surface area contributed by atoms with Crippen molar-refractivity contribution in [2.75, 3.05) is 6.67 Å². The van der Waals surface area contributed by atoms with Crippen LogP contribution >= 0.6 is 0 Å². The van der Waals surface area contributed by atoms with Gasteiger partial charge in [0.15, 0.2) is 0 Å². The molecule has 0 aliphatic carbocycles. The predicted octanol–water partition coefficient (Wildman–Crippen LogP) is 0.120. The zero-order chi connectivity index (χ0) is 12.5. The molecule has 0 unspecified atom stereocenters. The van der Waals surface area contributed by atoms with Gasteiger partial charge in [0.25, 0.3) is 0 Å². The quantitative estimate of drug-likeness (QED) is 0.689. The molecule has 1 rings (SSSR count). The molecule has 0 aromatic rings. The minimum Gasteiger partial charge on any atom is -0.275 e. The van der Waals surface area contributed by atoms with Crippen LogP contribution in [0.5, 0.6) is 0 Å². The van der Waals surface area contributed by atoms with Gasteiger partial charge in [0.05, 0.1) is 0 Å². The maximum absolute atomic E-state index is 11.6. The van der Waals surface area contributed by atoms with Crippen molar-refractivity contribution in [3.8, 4) is 0 Å². The summed E-state index contributed by atoms with van der Waals surface area (Å²) in [7, 11) is 0. The van der Waals surface area contributed by atoms with Gasteiger partial charge in [0, 0.05) is 12.8 Å². The molecule has 1 heterocycles. The van der Waals surface area contributed by atoms with Crippen LogP contribution in [0.15, 0.2) is 0 Å². The molecule has 6 amide bonds. The minimum absolute atomic E-state index is 0.322. The lowest BCUT2D eigenvalue weighted by atomic mass is 10.2. The average Bonchev–Trinajstić information content (AvgIpc) is 2.16. The Bertz CT molecular complexity index is 364. The van der Waals surface area contributed by atoms with Crippen molar-refractivity contribution in [2.24, 2.45) is 5.92 Å². The highest BCUT2D eigenvalue weighted by Crippen LogP contribution is 2.08. The van der Waals surface area contributed by atoms with Crippen LogP contribution < -0.4 is 5.32 Å². The van der Waals surface area contributed by atoms with Crippen LogP contribution in [0, 0.1) is 5.92 Å². The summed E-state index contributed by atoms with van der Waals surface area (Å²) in [6, 6.07) is -1.59. The summed E-state index contributed by atoms with van der Waals surface area (Å²) in [4.78, 5) is 46.9. The number of rotatable bonds is 1. The number of hydrogen-bond acceptors (Lipinski definition) is 4. The van der Waals surface area contributed by atoms with E-state index in [2.05, 4.69) is 0 Å². The van der Waals surface area contributed by atoms with Crippen molar-refractivity contribution in [2.45, 2.75) is 20.8 Å². The maximum atomic E-state index is 11.6. The number of imide groups is 3. The highest BCUT2D eigenvalue weighted by Gasteiger charge is 2.35. The van der Waals surface area contributed by atoms with E-state index in [-0.39, 0.29) is 12.6 Å². The maximum Gasteiger partial charge on any atom is 0.333 e. The lowest BCUT2D eigenvalue weighted by Crippen LogP contribution is -2.62. The molecule has 0 atom stereocenters. The molecule has 7 nitrogen and oxygen atoms in total. The van der Waals surface area contributed by atoms with Gasteiger partial charge in [0.2, 0.25) is 11.8 Å². The zero-order valence-electron chi connectivity index (χ0n) is 9.31. The Morgan fingerprint density at radius 1 is 1.19 bits per heavy atom. The van der Waals surface area contributed by atoms with Gasteiger partial charge in [-0.1, -0.05) is 13.8 Å². The van der Waals surface area contributed by atoms with E-state index in [9.17, 15) is 19.2 Å². The molecule has 0 aromatic heterocycles. The molecule has 0 bridgehead atoms. The summed E-state index contributed by atoms with van der Waals surface area (Å²) in [5, 5.41) is 1.93. The molecule has 1 aliphatic rings. The molecular formula is C9H13N3O4. The number of hydrogen-bond donors (Lipinski definition) is 1. The Labute approximate surface area is 92.4 Å². The topological polar surface area (TPSA) is 86.8 Å². The summed E-state index contributed by atoms with van der Waals surface area (Å²) in [6.45, 7) is 4.12. The highest BCUT2D eigenvalue weighted by atomic mass is 16.2. The van der Waals surface area contributed by atoms with E-state index in [1.807, 2.05) is 5.32 Å². The Morgan fingerprint density at radius 3 is 2.12 bits per heavy atom. The number of nitrogens with one attached hydrogen (secondary N) is 1. The first-order valence-electron chi connectivity index (χ1n) is 4.79. The first kappa shape index (κ1) is 12.2.